The van der Waals surface area contributed by atoms with Crippen molar-refractivity contribution in [2.45, 2.75) is 0 Å². The number of nitrogens with zero attached hydrogens (tertiary/aromatic N) is 2. The van der Waals surface area contributed by atoms with Crippen molar-refractivity contribution in [1.29, 1.82) is 0 Å². The second-order valence-electron chi connectivity index (χ2n) is 9.87. The van der Waals surface area contributed by atoms with Gasteiger partial charge in [0.05, 0.1) is 49.5 Å². The number of para-hydroxylation sites is 3. The largest absolute Gasteiger partial charge is 0.309 e. The minimum atomic E-state index is -0.857. The molecule has 7 aromatic carbocycles. The summed E-state index contributed by atoms with van der Waals surface area (Å²) in [6.45, 7) is 0. The number of fused-ring (bicyclic) bond motifs is 6. The van der Waals surface area contributed by atoms with Crippen LogP contribution in [-0.2, 0) is 0 Å². The predicted molar refractivity (Wildman–Crippen MR) is 186 cm³/mol. The first-order valence-corrected chi connectivity index (χ1v) is 13.5. The Morgan fingerprint density at radius 2 is 0.818 bits per heavy atom. The van der Waals surface area contributed by atoms with Crippen molar-refractivity contribution >= 4 is 43.6 Å². The average Bonchev–Trinajstić information content (AvgIpc) is 3.83. The molecular weight excluding hydrogens is 532 g/mol. The van der Waals surface area contributed by atoms with Crippen LogP contribution in [0.5, 0.6) is 0 Å². The Balaban J connectivity index is 1.44. The molecule has 0 atom stereocenters. The summed E-state index contributed by atoms with van der Waals surface area (Å²) < 4.78 is 180. The van der Waals surface area contributed by atoms with Crippen LogP contribution in [0.15, 0.2) is 169 Å². The van der Waals surface area contributed by atoms with E-state index in [1.165, 1.54) is 4.57 Å². The number of hydrogen-bond acceptors (Lipinski definition) is 0. The Morgan fingerprint density at radius 1 is 0.341 bits per heavy atom. The van der Waals surface area contributed by atoms with Gasteiger partial charge in [-0.15, -0.1) is 0 Å². The lowest BCUT2D eigenvalue weighted by molar-refractivity contribution is 1.18. The maximum Gasteiger partial charge on any atom is 0.0645 e. The molecule has 9 aromatic rings. The molecule has 206 valence electrons. The van der Waals surface area contributed by atoms with E-state index in [0.717, 1.165) is 15.7 Å². The fraction of sp³-hybridized carbons (Fsp3) is 0. The van der Waals surface area contributed by atoms with Gasteiger partial charge in [0.15, 0.2) is 0 Å². The molecule has 0 aliphatic rings. The van der Waals surface area contributed by atoms with Crippen LogP contribution in [-0.4, -0.2) is 9.13 Å². The van der Waals surface area contributed by atoms with E-state index in [9.17, 15) is 8.22 Å². The van der Waals surface area contributed by atoms with Crippen molar-refractivity contribution in [1.82, 2.24) is 9.13 Å². The molecule has 0 amide bonds. The second kappa shape index (κ2) is 9.86. The van der Waals surface area contributed by atoms with Gasteiger partial charge in [0, 0.05) is 32.9 Å². The standard InChI is InChI=1S/C42H28N2/c1-3-11-29(12-4-1)30-19-23-34(24-20-30)44-40-18-10-8-16-36(40)38-28-32(22-26-42(38)44)31-21-25-41-37(27-31)35-15-7-9-17-39(35)43(41)33-13-5-2-6-14-33/h1-28H/i1D,2D,5D,6D,7D,8D,9D,10D,13D,14D,15D,16D,17D,18D,21D,22D,25D,26D,27D,28D. The molecule has 2 heteroatoms. The number of benzene rings is 7. The van der Waals surface area contributed by atoms with Gasteiger partial charge in [-0.3, -0.25) is 0 Å². The van der Waals surface area contributed by atoms with Crippen LogP contribution in [0.25, 0.3) is 77.2 Å². The molecule has 0 aliphatic carbocycles. The normalized spacial score (nSPS) is 18.0. The third-order valence-corrected chi connectivity index (χ3v) is 7.45. The van der Waals surface area contributed by atoms with Crippen LogP contribution in [0.2, 0.25) is 0 Å². The quantitative estimate of drug-likeness (QED) is 0.196. The molecule has 0 radical (unpaired) electrons. The highest BCUT2D eigenvalue weighted by molar-refractivity contribution is 6.12. The fourth-order valence-corrected chi connectivity index (χ4v) is 5.50. The minimum absolute atomic E-state index is 0.141. The van der Waals surface area contributed by atoms with Crippen LogP contribution in [0.1, 0.15) is 27.4 Å². The van der Waals surface area contributed by atoms with Gasteiger partial charge >= 0.3 is 0 Å². The topological polar surface area (TPSA) is 9.86 Å². The van der Waals surface area contributed by atoms with Gasteiger partial charge < -0.3 is 9.13 Å². The third-order valence-electron chi connectivity index (χ3n) is 7.45. The first-order valence-electron chi connectivity index (χ1n) is 23.5. The molecule has 0 fully saturated rings. The average molecular weight is 581 g/mol. The van der Waals surface area contributed by atoms with Gasteiger partial charge in [0.1, 0.15) is 0 Å². The van der Waals surface area contributed by atoms with Gasteiger partial charge in [-0.2, -0.15) is 0 Å². The van der Waals surface area contributed by atoms with E-state index in [-0.39, 0.29) is 27.5 Å². The van der Waals surface area contributed by atoms with E-state index in [4.69, 9.17) is 19.2 Å². The Labute approximate surface area is 283 Å². The lowest BCUT2D eigenvalue weighted by Crippen LogP contribution is -1.93. The summed E-state index contributed by atoms with van der Waals surface area (Å²) in [7, 11) is 0. The van der Waals surface area contributed by atoms with E-state index in [1.54, 1.807) is 48.5 Å². The lowest BCUT2D eigenvalue weighted by Gasteiger charge is -2.10. The molecule has 0 unspecified atom stereocenters. The van der Waals surface area contributed by atoms with E-state index in [1.807, 2.05) is 0 Å². The second-order valence-corrected chi connectivity index (χ2v) is 9.87. The summed E-state index contributed by atoms with van der Waals surface area (Å²) in [5, 5.41) is -1.34. The molecular formula is C42H28N2. The SMILES string of the molecule is [2H]c1ccc(-c2ccc(-n3c4c([2H])c([2H])c([2H])c([2H])c4c4c([2H])c(-c5c([2H])c([2H])c6c(c5[2H])c5c([2H])c([2H])c([2H])c([2H])c5n6-c5c([2H])c([2H])c([2H])c([2H])c5[2H])c([2H])c([2H])c43)cc2)cc1. The first-order chi connectivity index (χ1) is 30.1. The van der Waals surface area contributed by atoms with Gasteiger partial charge in [-0.25, -0.2) is 0 Å². The zero-order valence-corrected chi connectivity index (χ0v) is 22.5. The van der Waals surface area contributed by atoms with Crippen molar-refractivity contribution in [3.63, 3.8) is 0 Å². The predicted octanol–water partition coefficient (Wildman–Crippen LogP) is 11.2. The molecule has 9 rings (SSSR count). The van der Waals surface area contributed by atoms with Crippen molar-refractivity contribution in [3.05, 3.63) is 169 Å². The maximum atomic E-state index is 9.72. The smallest absolute Gasteiger partial charge is 0.0645 e. The highest BCUT2D eigenvalue weighted by atomic mass is 15.0. The Hall–Kier alpha value is -5.86. The number of hydrogen-bond donors (Lipinski definition) is 0. The minimum Gasteiger partial charge on any atom is -0.309 e. The van der Waals surface area contributed by atoms with Crippen LogP contribution < -0.4 is 0 Å². The molecule has 0 saturated heterocycles. The molecule has 0 saturated carbocycles. The van der Waals surface area contributed by atoms with Crippen molar-refractivity contribution in [2.24, 2.45) is 0 Å². The van der Waals surface area contributed by atoms with Crippen LogP contribution in [0, 0.1) is 0 Å². The molecule has 2 nitrogen and oxygen atoms in total. The Bertz CT molecular complexity index is 3560. The summed E-state index contributed by atoms with van der Waals surface area (Å²) >= 11 is 0. The summed E-state index contributed by atoms with van der Waals surface area (Å²) in [6.07, 6.45) is 0. The summed E-state index contributed by atoms with van der Waals surface area (Å²) in [4.78, 5) is 0. The van der Waals surface area contributed by atoms with Crippen molar-refractivity contribution in [2.75, 3.05) is 0 Å². The van der Waals surface area contributed by atoms with Crippen LogP contribution in [0.3, 0.4) is 0 Å². The van der Waals surface area contributed by atoms with Crippen molar-refractivity contribution < 1.29 is 27.4 Å². The monoisotopic (exact) mass is 580 g/mol. The van der Waals surface area contributed by atoms with E-state index >= 15 is 0 Å². The molecule has 0 bridgehead atoms. The molecule has 2 aromatic heterocycles. The third kappa shape index (κ3) is 3.82. The van der Waals surface area contributed by atoms with Gasteiger partial charge in [0.25, 0.3) is 0 Å². The summed E-state index contributed by atoms with van der Waals surface area (Å²) in [6, 6.07) is -0.251. The maximum absolute atomic E-state index is 9.72. The highest BCUT2D eigenvalue weighted by Crippen LogP contribution is 2.38. The summed E-state index contributed by atoms with van der Waals surface area (Å²) in [5.74, 6) is 0. The van der Waals surface area contributed by atoms with E-state index < -0.39 is 153 Å². The van der Waals surface area contributed by atoms with Gasteiger partial charge in [0.2, 0.25) is 0 Å². The zero-order chi connectivity index (χ0) is 46.4. The van der Waals surface area contributed by atoms with Crippen LogP contribution >= 0.6 is 0 Å². The molecule has 0 N–H and O–H groups in total. The highest BCUT2D eigenvalue weighted by Gasteiger charge is 2.16. The molecule has 0 aliphatic heterocycles. The van der Waals surface area contributed by atoms with Crippen LogP contribution in [0.4, 0.5) is 0 Å². The Morgan fingerprint density at radius 3 is 1.41 bits per heavy atom. The molecule has 2 heterocycles. The molecule has 0 spiro atoms. The number of aromatic nitrogens is 2. The van der Waals surface area contributed by atoms with E-state index in [2.05, 4.69) is 0 Å². The van der Waals surface area contributed by atoms with Gasteiger partial charge in [-0.05, 0) is 82.7 Å². The van der Waals surface area contributed by atoms with Crippen molar-refractivity contribution in [3.8, 4) is 33.6 Å². The lowest BCUT2D eigenvalue weighted by atomic mass is 10.0. The van der Waals surface area contributed by atoms with E-state index in [0.29, 0.717) is 6.04 Å². The zero-order valence-electron chi connectivity index (χ0n) is 42.5. The number of rotatable bonds is 4. The van der Waals surface area contributed by atoms with Gasteiger partial charge in [-0.1, -0.05) is 109 Å². The fourth-order valence-electron chi connectivity index (χ4n) is 5.50. The first kappa shape index (κ1) is 12.0. The summed E-state index contributed by atoms with van der Waals surface area (Å²) in [5.41, 5.74) is -1.33. The Kier molecular flexibility index (Phi) is 2.70. The molecule has 44 heavy (non-hydrogen) atoms.